The zero-order chi connectivity index (χ0) is 7.40. The van der Waals surface area contributed by atoms with Crippen molar-refractivity contribution < 1.29 is 3.07 Å². The minimum Gasteiger partial charge on any atom is -0.425 e. The summed E-state index contributed by atoms with van der Waals surface area (Å²) >= 11 is 1.71. The van der Waals surface area contributed by atoms with Gasteiger partial charge in [-0.3, -0.25) is 0 Å². The normalized spacial score (nSPS) is 8.40. The van der Waals surface area contributed by atoms with E-state index in [-0.39, 0.29) is 0 Å². The van der Waals surface area contributed by atoms with Crippen molar-refractivity contribution >= 4 is 23.0 Å². The van der Waals surface area contributed by atoms with Crippen LogP contribution in [0, 0.1) is 11.3 Å². The molecule has 0 unspecified atom stereocenters. The number of hydrogen-bond acceptors (Lipinski definition) is 3. The minimum atomic E-state index is 0.317. The highest BCUT2D eigenvalue weighted by Gasteiger charge is 1.99. The fraction of sp³-hybridized carbons (Fsp3) is 0. The van der Waals surface area contributed by atoms with Gasteiger partial charge in [-0.05, 0) is 12.1 Å². The maximum absolute atomic E-state index is 8.45. The van der Waals surface area contributed by atoms with E-state index >= 15 is 0 Å². The number of hydrogen-bond donors (Lipinski definition) is 0. The summed E-state index contributed by atoms with van der Waals surface area (Å²) in [6, 6.07) is 5.32. The van der Waals surface area contributed by atoms with Crippen LogP contribution in [0.3, 0.4) is 0 Å². The Hall–Kier alpha value is -0.830. The van der Waals surface area contributed by atoms with Crippen molar-refractivity contribution in [3.8, 4) is 11.8 Å². The van der Waals surface area contributed by atoms with E-state index in [1.54, 1.807) is 41.3 Å². The Balaban J connectivity index is 3.12. The standard InChI is InChI=1S/C6H3IN2O/c7-10-6-2-1-3-9-5(6)4-8/h1-3H. The van der Waals surface area contributed by atoms with Crippen LogP contribution in [0.1, 0.15) is 5.69 Å². The molecular formula is C6H3IN2O. The van der Waals surface area contributed by atoms with Gasteiger partial charge in [-0.15, -0.1) is 0 Å². The van der Waals surface area contributed by atoms with Gasteiger partial charge >= 0.3 is 0 Å². The molecule has 3 nitrogen and oxygen atoms in total. The predicted molar refractivity (Wildman–Crippen MR) is 43.6 cm³/mol. The van der Waals surface area contributed by atoms with Crippen molar-refractivity contribution in [2.75, 3.05) is 0 Å². The second-order valence-electron chi connectivity index (χ2n) is 1.54. The molecule has 0 spiro atoms. The lowest BCUT2D eigenvalue weighted by atomic mass is 10.3. The first-order valence-corrected chi connectivity index (χ1v) is 3.40. The Morgan fingerprint density at radius 1 is 1.70 bits per heavy atom. The highest BCUT2D eigenvalue weighted by atomic mass is 127. The van der Waals surface area contributed by atoms with Crippen LogP contribution < -0.4 is 3.07 Å². The van der Waals surface area contributed by atoms with Gasteiger partial charge in [0.05, 0.1) is 0 Å². The SMILES string of the molecule is N#Cc1ncccc1OI. The second-order valence-corrected chi connectivity index (χ2v) is 1.98. The molecule has 0 aliphatic heterocycles. The number of aromatic nitrogens is 1. The molecule has 10 heavy (non-hydrogen) atoms. The Morgan fingerprint density at radius 2 is 2.50 bits per heavy atom. The molecule has 0 fully saturated rings. The molecule has 0 aromatic carbocycles. The van der Waals surface area contributed by atoms with E-state index in [9.17, 15) is 0 Å². The molecule has 1 rings (SSSR count). The number of pyridine rings is 1. The maximum Gasteiger partial charge on any atom is 0.192 e. The first kappa shape index (κ1) is 7.28. The summed E-state index contributed by atoms with van der Waals surface area (Å²) in [5, 5.41) is 8.45. The summed E-state index contributed by atoms with van der Waals surface area (Å²) in [6.07, 6.45) is 1.55. The first-order valence-electron chi connectivity index (χ1n) is 2.52. The zero-order valence-corrected chi connectivity index (χ0v) is 7.07. The largest absolute Gasteiger partial charge is 0.425 e. The smallest absolute Gasteiger partial charge is 0.192 e. The Bertz CT molecular complexity index is 269. The number of nitriles is 1. The lowest BCUT2D eigenvalue weighted by Crippen LogP contribution is -1.84. The minimum absolute atomic E-state index is 0.317. The zero-order valence-electron chi connectivity index (χ0n) is 4.91. The fourth-order valence-electron chi connectivity index (χ4n) is 0.537. The van der Waals surface area contributed by atoms with Gasteiger partial charge in [0.15, 0.2) is 34.4 Å². The molecule has 50 valence electrons. The summed E-state index contributed by atoms with van der Waals surface area (Å²) in [7, 11) is 0. The second kappa shape index (κ2) is 3.37. The molecule has 0 saturated heterocycles. The van der Waals surface area contributed by atoms with Crippen LogP contribution in [0.15, 0.2) is 18.3 Å². The van der Waals surface area contributed by atoms with Gasteiger partial charge in [0.1, 0.15) is 6.07 Å². The van der Waals surface area contributed by atoms with Gasteiger partial charge in [0.2, 0.25) is 0 Å². The van der Waals surface area contributed by atoms with E-state index < -0.39 is 0 Å². The van der Waals surface area contributed by atoms with E-state index in [4.69, 9.17) is 8.33 Å². The van der Waals surface area contributed by atoms with E-state index in [0.29, 0.717) is 11.4 Å². The van der Waals surface area contributed by atoms with Gasteiger partial charge in [-0.25, -0.2) is 4.98 Å². The summed E-state index contributed by atoms with van der Waals surface area (Å²) in [4.78, 5) is 3.78. The van der Waals surface area contributed by atoms with E-state index in [1.807, 2.05) is 6.07 Å². The molecule has 0 amide bonds. The Kier molecular flexibility index (Phi) is 2.45. The molecule has 0 aliphatic carbocycles. The van der Waals surface area contributed by atoms with Crippen molar-refractivity contribution in [1.82, 2.24) is 4.98 Å². The number of nitrogens with zero attached hydrogens (tertiary/aromatic N) is 2. The lowest BCUT2D eigenvalue weighted by molar-refractivity contribution is 0.707. The van der Waals surface area contributed by atoms with Gasteiger partial charge in [0, 0.05) is 6.20 Å². The molecule has 1 aromatic rings. The van der Waals surface area contributed by atoms with E-state index in [1.165, 1.54) is 0 Å². The monoisotopic (exact) mass is 246 g/mol. The third kappa shape index (κ3) is 1.36. The van der Waals surface area contributed by atoms with Gasteiger partial charge in [-0.2, -0.15) is 5.26 Å². The summed E-state index contributed by atoms with van der Waals surface area (Å²) in [6.45, 7) is 0. The van der Waals surface area contributed by atoms with Crippen LogP contribution >= 0.6 is 23.0 Å². The average molecular weight is 246 g/mol. The van der Waals surface area contributed by atoms with Crippen molar-refractivity contribution in [2.24, 2.45) is 0 Å². The molecule has 0 radical (unpaired) electrons. The highest BCUT2D eigenvalue weighted by molar-refractivity contribution is 14.1. The molecule has 0 N–H and O–H groups in total. The van der Waals surface area contributed by atoms with Crippen LogP contribution in [0.5, 0.6) is 5.75 Å². The molecule has 0 bridgehead atoms. The van der Waals surface area contributed by atoms with Crippen LogP contribution in [-0.2, 0) is 0 Å². The third-order valence-electron chi connectivity index (χ3n) is 0.960. The third-order valence-corrected chi connectivity index (χ3v) is 1.43. The van der Waals surface area contributed by atoms with Crippen LogP contribution in [-0.4, -0.2) is 4.98 Å². The molecule has 0 aliphatic rings. The van der Waals surface area contributed by atoms with Gasteiger partial charge in [0.25, 0.3) is 0 Å². The molecular weight excluding hydrogens is 243 g/mol. The number of halogens is 1. The van der Waals surface area contributed by atoms with Crippen molar-refractivity contribution in [3.05, 3.63) is 24.0 Å². The Labute approximate surface area is 72.3 Å². The van der Waals surface area contributed by atoms with E-state index in [2.05, 4.69) is 4.98 Å². The van der Waals surface area contributed by atoms with Crippen molar-refractivity contribution in [1.29, 1.82) is 5.26 Å². The van der Waals surface area contributed by atoms with Crippen LogP contribution in [0.25, 0.3) is 0 Å². The summed E-state index contributed by atoms with van der Waals surface area (Å²) in [5.41, 5.74) is 0.317. The molecule has 4 heteroatoms. The van der Waals surface area contributed by atoms with Crippen LogP contribution in [0.4, 0.5) is 0 Å². The fourth-order valence-corrected chi connectivity index (χ4v) is 0.892. The van der Waals surface area contributed by atoms with Gasteiger partial charge in [-0.1, -0.05) is 0 Å². The van der Waals surface area contributed by atoms with Crippen LogP contribution in [0.2, 0.25) is 0 Å². The van der Waals surface area contributed by atoms with E-state index in [0.717, 1.165) is 0 Å². The number of rotatable bonds is 1. The van der Waals surface area contributed by atoms with Crippen molar-refractivity contribution in [3.63, 3.8) is 0 Å². The van der Waals surface area contributed by atoms with Crippen molar-refractivity contribution in [2.45, 2.75) is 0 Å². The average Bonchev–Trinajstić information content (AvgIpc) is 2.04. The predicted octanol–water partition coefficient (Wildman–Crippen LogP) is 1.68. The quantitative estimate of drug-likeness (QED) is 0.708. The summed E-state index contributed by atoms with van der Waals surface area (Å²) < 4.78 is 4.82. The highest BCUT2D eigenvalue weighted by Crippen LogP contribution is 2.15. The molecule has 0 saturated carbocycles. The topological polar surface area (TPSA) is 45.9 Å². The maximum atomic E-state index is 8.45. The lowest BCUT2D eigenvalue weighted by Gasteiger charge is -1.94. The van der Waals surface area contributed by atoms with Gasteiger partial charge < -0.3 is 3.07 Å². The molecule has 1 aromatic heterocycles. The Morgan fingerprint density at radius 3 is 3.00 bits per heavy atom. The molecule has 0 atom stereocenters. The molecule has 1 heterocycles. The summed E-state index contributed by atoms with van der Waals surface area (Å²) in [5.74, 6) is 0.505. The first-order chi connectivity index (χ1) is 4.88.